The van der Waals surface area contributed by atoms with Crippen molar-refractivity contribution in [3.63, 3.8) is 0 Å². The largest absolute Gasteiger partial charge is 0.481 e. The average Bonchev–Trinajstić information content (AvgIpc) is 3.33. The van der Waals surface area contributed by atoms with E-state index in [4.69, 9.17) is 5.73 Å². The molecule has 2 fully saturated rings. The van der Waals surface area contributed by atoms with Gasteiger partial charge in [-0.15, -0.1) is 11.3 Å². The summed E-state index contributed by atoms with van der Waals surface area (Å²) in [5, 5.41) is 13.1. The zero-order valence-corrected chi connectivity index (χ0v) is 17.0. The fraction of sp³-hybridized carbons (Fsp3) is 0.667. The number of thiophene rings is 1. The summed E-state index contributed by atoms with van der Waals surface area (Å²) in [6, 6.07) is 0. The van der Waals surface area contributed by atoms with Gasteiger partial charge in [-0.25, -0.2) is 0 Å². The molecule has 2 bridgehead atoms. The number of nitrogens with two attached hydrogens (primary N) is 1. The second kappa shape index (κ2) is 7.50. The minimum absolute atomic E-state index is 0.0974. The minimum Gasteiger partial charge on any atom is -0.481 e. The number of aliphatic carboxylic acids is 1. The molecule has 6 nitrogen and oxygen atoms in total. The van der Waals surface area contributed by atoms with Crippen molar-refractivity contribution in [1.29, 1.82) is 0 Å². The van der Waals surface area contributed by atoms with Crippen LogP contribution < -0.4 is 11.1 Å². The Morgan fingerprint density at radius 2 is 1.89 bits per heavy atom. The maximum absolute atomic E-state index is 13.1. The van der Waals surface area contributed by atoms with E-state index < -0.39 is 23.7 Å². The number of carbonyl (C=O) groups is 3. The molecule has 3 aliphatic carbocycles. The molecule has 4 N–H and O–H groups in total. The van der Waals surface area contributed by atoms with Crippen molar-refractivity contribution in [2.45, 2.75) is 58.3 Å². The van der Waals surface area contributed by atoms with E-state index in [-0.39, 0.29) is 17.7 Å². The van der Waals surface area contributed by atoms with E-state index in [9.17, 15) is 19.5 Å². The van der Waals surface area contributed by atoms with E-state index in [2.05, 4.69) is 12.2 Å². The summed E-state index contributed by atoms with van der Waals surface area (Å²) < 4.78 is 0. The van der Waals surface area contributed by atoms with Gasteiger partial charge in [0.25, 0.3) is 5.91 Å². The van der Waals surface area contributed by atoms with Crippen LogP contribution in [0.2, 0.25) is 0 Å². The standard InChI is InChI=1S/C21H28N2O4S/c1-2-3-10-4-7-13-14(8-10)28-20(17(13)18(22)24)23-19(25)15-11-5-6-12(9-11)16(15)21(26)27/h10-12,15-16H,2-9H2,1H3,(H2,22,24)(H,23,25)(H,26,27)/t10-,11+,12+,15-,16-/m0/s1. The highest BCUT2D eigenvalue weighted by molar-refractivity contribution is 7.17. The molecule has 152 valence electrons. The summed E-state index contributed by atoms with van der Waals surface area (Å²) in [5.41, 5.74) is 7.10. The van der Waals surface area contributed by atoms with E-state index in [0.29, 0.717) is 16.5 Å². The van der Waals surface area contributed by atoms with Gasteiger partial charge in [-0.2, -0.15) is 0 Å². The molecule has 0 aliphatic heterocycles. The summed E-state index contributed by atoms with van der Waals surface area (Å²) in [5.74, 6) is -1.93. The Labute approximate surface area is 168 Å². The van der Waals surface area contributed by atoms with Crippen LogP contribution in [0.25, 0.3) is 0 Å². The third kappa shape index (κ3) is 3.23. The summed E-state index contributed by atoms with van der Waals surface area (Å²) in [7, 11) is 0. The van der Waals surface area contributed by atoms with Crippen LogP contribution in [0.5, 0.6) is 0 Å². The highest BCUT2D eigenvalue weighted by Crippen LogP contribution is 2.53. The van der Waals surface area contributed by atoms with Gasteiger partial charge in [0.2, 0.25) is 5.91 Å². The predicted molar refractivity (Wildman–Crippen MR) is 107 cm³/mol. The van der Waals surface area contributed by atoms with E-state index in [0.717, 1.165) is 61.8 Å². The van der Waals surface area contributed by atoms with Crippen LogP contribution in [0.15, 0.2) is 0 Å². The van der Waals surface area contributed by atoms with Crippen molar-refractivity contribution in [2.24, 2.45) is 35.3 Å². The number of hydrogen-bond acceptors (Lipinski definition) is 4. The van der Waals surface area contributed by atoms with Crippen LogP contribution in [0.3, 0.4) is 0 Å². The third-order valence-corrected chi connectivity index (χ3v) is 8.22. The van der Waals surface area contributed by atoms with E-state index in [1.54, 1.807) is 0 Å². The highest BCUT2D eigenvalue weighted by atomic mass is 32.1. The molecule has 28 heavy (non-hydrogen) atoms. The lowest BCUT2D eigenvalue weighted by molar-refractivity contribution is -0.148. The van der Waals surface area contributed by atoms with Crippen molar-refractivity contribution in [1.82, 2.24) is 0 Å². The average molecular weight is 405 g/mol. The van der Waals surface area contributed by atoms with Crippen LogP contribution in [-0.4, -0.2) is 22.9 Å². The number of carboxylic acid groups (broad SMARTS) is 1. The minimum atomic E-state index is -0.879. The molecule has 7 heteroatoms. The van der Waals surface area contributed by atoms with Crippen LogP contribution in [-0.2, 0) is 22.4 Å². The first-order valence-corrected chi connectivity index (χ1v) is 11.2. The molecule has 0 unspecified atom stereocenters. The van der Waals surface area contributed by atoms with Crippen molar-refractivity contribution in [3.8, 4) is 0 Å². The summed E-state index contributed by atoms with van der Waals surface area (Å²) in [6.07, 6.45) is 7.70. The third-order valence-electron chi connectivity index (χ3n) is 7.05. The first-order chi connectivity index (χ1) is 13.4. The Morgan fingerprint density at radius 1 is 1.18 bits per heavy atom. The van der Waals surface area contributed by atoms with Gasteiger partial charge in [0.15, 0.2) is 0 Å². The van der Waals surface area contributed by atoms with Crippen molar-refractivity contribution >= 4 is 34.1 Å². The van der Waals surface area contributed by atoms with Gasteiger partial charge >= 0.3 is 5.97 Å². The molecule has 4 rings (SSSR count). The van der Waals surface area contributed by atoms with Gasteiger partial charge in [-0.3, -0.25) is 14.4 Å². The number of hydrogen-bond donors (Lipinski definition) is 3. The topological polar surface area (TPSA) is 109 Å². The zero-order chi connectivity index (χ0) is 20.0. The number of rotatable bonds is 6. The van der Waals surface area contributed by atoms with E-state index in [1.165, 1.54) is 11.3 Å². The Balaban J connectivity index is 1.59. The number of primary amides is 1. The van der Waals surface area contributed by atoms with Crippen LogP contribution in [0, 0.1) is 29.6 Å². The second-order valence-electron chi connectivity index (χ2n) is 8.68. The van der Waals surface area contributed by atoms with Crippen molar-refractivity contribution < 1.29 is 19.5 Å². The maximum Gasteiger partial charge on any atom is 0.307 e. The molecular formula is C21H28N2O4S. The number of carboxylic acids is 1. The Hall–Kier alpha value is -1.89. The van der Waals surface area contributed by atoms with Crippen molar-refractivity contribution in [3.05, 3.63) is 16.0 Å². The monoisotopic (exact) mass is 404 g/mol. The zero-order valence-electron chi connectivity index (χ0n) is 16.2. The molecular weight excluding hydrogens is 376 g/mol. The molecule has 3 aliphatic rings. The number of nitrogens with one attached hydrogen (secondary N) is 1. The lowest BCUT2D eigenvalue weighted by Gasteiger charge is -2.26. The summed E-state index contributed by atoms with van der Waals surface area (Å²) in [6.45, 7) is 2.18. The molecule has 1 heterocycles. The van der Waals surface area contributed by atoms with Crippen molar-refractivity contribution in [2.75, 3.05) is 5.32 Å². The lowest BCUT2D eigenvalue weighted by Crippen LogP contribution is -2.38. The number of amides is 2. The quantitative estimate of drug-likeness (QED) is 0.674. The molecule has 2 amide bonds. The Morgan fingerprint density at radius 3 is 2.54 bits per heavy atom. The second-order valence-corrected chi connectivity index (χ2v) is 9.79. The molecule has 1 aromatic heterocycles. The molecule has 0 aromatic carbocycles. The smallest absolute Gasteiger partial charge is 0.307 e. The normalized spacial score (nSPS) is 30.8. The SMILES string of the molecule is CCC[C@H]1CCc2c(sc(NC(=O)[C@H]3[C@@H]4CC[C@H](C4)[C@@H]3C(=O)O)c2C(N)=O)C1. The van der Waals surface area contributed by atoms with E-state index >= 15 is 0 Å². The number of carbonyl (C=O) groups excluding carboxylic acids is 2. The van der Waals surface area contributed by atoms with Crippen LogP contribution in [0.1, 0.15) is 66.2 Å². The van der Waals surface area contributed by atoms with Gasteiger partial charge in [0, 0.05) is 4.88 Å². The fourth-order valence-corrected chi connectivity index (χ4v) is 7.25. The van der Waals surface area contributed by atoms with Gasteiger partial charge in [-0.1, -0.05) is 19.8 Å². The lowest BCUT2D eigenvalue weighted by atomic mass is 9.78. The summed E-state index contributed by atoms with van der Waals surface area (Å²) >= 11 is 1.46. The maximum atomic E-state index is 13.1. The van der Waals surface area contributed by atoms with Gasteiger partial charge in [0.05, 0.1) is 17.4 Å². The first-order valence-electron chi connectivity index (χ1n) is 10.4. The molecule has 2 saturated carbocycles. The fourth-order valence-electron chi connectivity index (χ4n) is 5.88. The van der Waals surface area contributed by atoms with Gasteiger partial charge in [-0.05, 0) is 61.8 Å². The van der Waals surface area contributed by atoms with Gasteiger partial charge < -0.3 is 16.2 Å². The molecule has 5 atom stereocenters. The van der Waals surface area contributed by atoms with Crippen LogP contribution in [0.4, 0.5) is 5.00 Å². The van der Waals surface area contributed by atoms with Crippen LogP contribution >= 0.6 is 11.3 Å². The Bertz CT molecular complexity index is 818. The molecule has 0 spiro atoms. The molecule has 0 saturated heterocycles. The first kappa shape index (κ1) is 19.4. The molecule has 0 radical (unpaired) electrons. The molecule has 1 aromatic rings. The predicted octanol–water partition coefficient (Wildman–Crippen LogP) is 3.44. The van der Waals surface area contributed by atoms with E-state index in [1.807, 2.05) is 0 Å². The number of anilines is 1. The Kier molecular flexibility index (Phi) is 5.21. The summed E-state index contributed by atoms with van der Waals surface area (Å²) in [4.78, 5) is 38.1. The highest BCUT2D eigenvalue weighted by Gasteiger charge is 2.54. The van der Waals surface area contributed by atoms with Gasteiger partial charge in [0.1, 0.15) is 5.00 Å². The number of fused-ring (bicyclic) bond motifs is 3.